The van der Waals surface area contributed by atoms with Crippen LogP contribution in [-0.4, -0.2) is 75.5 Å². The Morgan fingerprint density at radius 1 is 0.492 bits per heavy atom. The lowest BCUT2D eigenvalue weighted by molar-refractivity contribution is -0.889. The minimum absolute atomic E-state index is 0.0108. The molecular weight excluding hydrogens is 763 g/mol. The van der Waals surface area contributed by atoms with Gasteiger partial charge in [-0.1, -0.05) is 155 Å². The number of likely N-dealkylation sites (N-methyl/N-ethyl adjacent to an activating group) is 1. The SMILES string of the molecule is CC/C=C/C/C=C/C/C=C/C/C=C/C/C=C/CCCC(=O)OCC(COCCC(C(=O)[O-])[N+](C)(C)C)OC(=O)CCCCCCCCC/C=C/C/C=C/C/C=C/C/C=C/CC. The van der Waals surface area contributed by atoms with Crippen molar-refractivity contribution in [3.8, 4) is 0 Å². The van der Waals surface area contributed by atoms with E-state index in [1.807, 2.05) is 0 Å². The number of hydrogen-bond donors (Lipinski definition) is 0. The van der Waals surface area contributed by atoms with Gasteiger partial charge in [0, 0.05) is 19.3 Å². The minimum Gasteiger partial charge on any atom is -0.544 e. The summed E-state index contributed by atoms with van der Waals surface area (Å²) in [6, 6.07) is -0.743. The molecule has 0 aromatic heterocycles. The second-order valence-corrected chi connectivity index (χ2v) is 16.2. The molecule has 0 N–H and O–H groups in total. The highest BCUT2D eigenvalue weighted by Gasteiger charge is 2.25. The summed E-state index contributed by atoms with van der Waals surface area (Å²) in [5, 5.41) is 11.6. The van der Waals surface area contributed by atoms with Crippen LogP contribution in [0.2, 0.25) is 0 Å². The van der Waals surface area contributed by atoms with Gasteiger partial charge in [-0.15, -0.1) is 0 Å². The monoisotopic (exact) mass is 848 g/mol. The van der Waals surface area contributed by atoms with Crippen molar-refractivity contribution in [2.24, 2.45) is 0 Å². The average molecular weight is 848 g/mol. The zero-order chi connectivity index (χ0) is 44.9. The molecule has 0 saturated heterocycles. The molecule has 0 aromatic rings. The first-order valence-corrected chi connectivity index (χ1v) is 23.4. The number of hydrogen-bond acceptors (Lipinski definition) is 7. The normalized spacial score (nSPS) is 13.9. The van der Waals surface area contributed by atoms with Crippen LogP contribution in [0, 0.1) is 0 Å². The van der Waals surface area contributed by atoms with Crippen LogP contribution in [0.3, 0.4) is 0 Å². The maximum Gasteiger partial charge on any atom is 0.306 e. The van der Waals surface area contributed by atoms with Crippen LogP contribution in [0.15, 0.2) is 109 Å². The number of ether oxygens (including phenoxy) is 3. The molecule has 0 spiro atoms. The Labute approximate surface area is 372 Å². The van der Waals surface area contributed by atoms with Crippen LogP contribution < -0.4 is 5.11 Å². The standard InChI is InChI=1S/C53H85NO7/c1-6-8-10-12-14-16-18-20-22-24-25-26-28-30-32-34-36-38-40-42-44-52(56)61-49(47-59-46-45-50(53(57)58)54(3,4)5)48-60-51(55)43-41-39-37-35-33-31-29-27-23-21-19-17-15-13-11-9-7-2/h8-11,14-17,20-23,25-26,29,31,35,37,49-50H,6-7,12-13,18-19,24,27-28,30,32-34,36,38-48H2,1-5H3/b10-8+,11-9+,16-14+,17-15+,22-20+,23-21+,26-25+,31-29+,37-35+. The molecule has 0 fully saturated rings. The van der Waals surface area contributed by atoms with Crippen LogP contribution in [-0.2, 0) is 28.6 Å². The second-order valence-electron chi connectivity index (χ2n) is 16.2. The van der Waals surface area contributed by atoms with Crippen LogP contribution in [0.4, 0.5) is 0 Å². The Kier molecular flexibility index (Phi) is 39.9. The molecule has 8 nitrogen and oxygen atoms in total. The zero-order valence-electron chi connectivity index (χ0n) is 39.0. The van der Waals surface area contributed by atoms with Gasteiger partial charge in [0.1, 0.15) is 12.6 Å². The largest absolute Gasteiger partial charge is 0.544 e. The number of carbonyl (C=O) groups excluding carboxylic acids is 3. The third-order valence-corrected chi connectivity index (χ3v) is 9.65. The Bertz CT molecular complexity index is 1360. The van der Waals surface area contributed by atoms with E-state index in [0.717, 1.165) is 96.3 Å². The number of esters is 2. The second kappa shape index (κ2) is 42.7. The van der Waals surface area contributed by atoms with E-state index in [1.54, 1.807) is 21.1 Å². The van der Waals surface area contributed by atoms with Crippen molar-refractivity contribution < 1.29 is 38.2 Å². The molecule has 0 aliphatic rings. The maximum absolute atomic E-state index is 12.8. The van der Waals surface area contributed by atoms with E-state index >= 15 is 0 Å². The van der Waals surface area contributed by atoms with Gasteiger partial charge in [0.25, 0.3) is 0 Å². The van der Waals surface area contributed by atoms with Gasteiger partial charge in [-0.25, -0.2) is 0 Å². The Morgan fingerprint density at radius 2 is 0.885 bits per heavy atom. The van der Waals surface area contributed by atoms with E-state index in [2.05, 4.69) is 123 Å². The highest BCUT2D eigenvalue weighted by molar-refractivity contribution is 5.70. The predicted molar refractivity (Wildman–Crippen MR) is 254 cm³/mol. The number of carboxylic acid groups (broad SMARTS) is 1. The summed E-state index contributed by atoms with van der Waals surface area (Å²) in [6.07, 6.45) is 58.3. The van der Waals surface area contributed by atoms with Gasteiger partial charge >= 0.3 is 11.9 Å². The van der Waals surface area contributed by atoms with Crippen molar-refractivity contribution >= 4 is 17.9 Å². The molecular formula is C53H85NO7. The van der Waals surface area contributed by atoms with E-state index < -0.39 is 18.1 Å². The predicted octanol–water partition coefficient (Wildman–Crippen LogP) is 11.9. The fourth-order valence-corrected chi connectivity index (χ4v) is 6.10. The van der Waals surface area contributed by atoms with E-state index in [4.69, 9.17) is 14.2 Å². The molecule has 0 aliphatic heterocycles. The van der Waals surface area contributed by atoms with E-state index in [-0.39, 0.29) is 55.5 Å². The molecule has 0 heterocycles. The van der Waals surface area contributed by atoms with Crippen LogP contribution in [0.25, 0.3) is 0 Å². The highest BCUT2D eigenvalue weighted by Crippen LogP contribution is 2.13. The lowest BCUT2D eigenvalue weighted by atomic mass is 10.1. The van der Waals surface area contributed by atoms with Crippen molar-refractivity contribution in [1.82, 2.24) is 0 Å². The van der Waals surface area contributed by atoms with Crippen molar-refractivity contribution in [3.63, 3.8) is 0 Å². The number of aliphatic carboxylic acids is 1. The number of allylic oxidation sites excluding steroid dienone is 18. The summed E-state index contributed by atoms with van der Waals surface area (Å²) in [4.78, 5) is 36.9. The molecule has 344 valence electrons. The summed E-state index contributed by atoms with van der Waals surface area (Å²) < 4.78 is 17.1. The van der Waals surface area contributed by atoms with Gasteiger partial charge in [0.05, 0.1) is 40.3 Å². The van der Waals surface area contributed by atoms with Crippen molar-refractivity contribution in [2.75, 3.05) is 41.0 Å². The number of quaternary nitrogens is 1. The summed E-state index contributed by atoms with van der Waals surface area (Å²) in [7, 11) is 5.38. The molecule has 0 amide bonds. The van der Waals surface area contributed by atoms with E-state index in [1.165, 1.54) is 19.3 Å². The molecule has 61 heavy (non-hydrogen) atoms. The molecule has 0 saturated carbocycles. The first-order valence-electron chi connectivity index (χ1n) is 23.4. The lowest BCUT2D eigenvalue weighted by Crippen LogP contribution is -2.55. The van der Waals surface area contributed by atoms with Crippen molar-refractivity contribution in [1.29, 1.82) is 0 Å². The van der Waals surface area contributed by atoms with Crippen LogP contribution in [0.1, 0.15) is 155 Å². The molecule has 0 rings (SSSR count). The molecule has 2 unspecified atom stereocenters. The average Bonchev–Trinajstić information content (AvgIpc) is 3.22. The number of carbonyl (C=O) groups is 3. The third-order valence-electron chi connectivity index (χ3n) is 9.65. The number of rotatable bonds is 40. The third kappa shape index (κ3) is 41.1. The Hall–Kier alpha value is -4.01. The molecule has 0 aliphatic carbocycles. The Morgan fingerprint density at radius 3 is 1.33 bits per heavy atom. The van der Waals surface area contributed by atoms with Gasteiger partial charge in [-0.2, -0.15) is 0 Å². The maximum atomic E-state index is 12.8. The molecule has 0 bridgehead atoms. The van der Waals surface area contributed by atoms with Crippen molar-refractivity contribution in [2.45, 2.75) is 167 Å². The topological polar surface area (TPSA) is 102 Å². The number of carboxylic acids is 1. The smallest absolute Gasteiger partial charge is 0.306 e. The zero-order valence-corrected chi connectivity index (χ0v) is 39.0. The first-order chi connectivity index (χ1) is 29.6. The Balaban J connectivity index is 4.44. The van der Waals surface area contributed by atoms with Crippen molar-refractivity contribution in [3.05, 3.63) is 109 Å². The first kappa shape index (κ1) is 57.0. The fraction of sp³-hybridized carbons (Fsp3) is 0.604. The summed E-state index contributed by atoms with van der Waals surface area (Å²) in [5.41, 5.74) is 0. The number of nitrogens with zero attached hydrogens (tertiary/aromatic N) is 1. The quantitative estimate of drug-likeness (QED) is 0.0262. The summed E-state index contributed by atoms with van der Waals surface area (Å²) >= 11 is 0. The van der Waals surface area contributed by atoms with Crippen LogP contribution in [0.5, 0.6) is 0 Å². The van der Waals surface area contributed by atoms with E-state index in [9.17, 15) is 19.5 Å². The fourth-order valence-electron chi connectivity index (χ4n) is 6.10. The molecule has 0 aromatic carbocycles. The minimum atomic E-state index is -1.14. The van der Waals surface area contributed by atoms with Gasteiger partial charge in [0.15, 0.2) is 6.10 Å². The highest BCUT2D eigenvalue weighted by atomic mass is 16.6. The molecule has 8 heteroatoms. The molecule has 0 radical (unpaired) electrons. The van der Waals surface area contributed by atoms with Gasteiger partial charge in [-0.05, 0) is 89.9 Å². The van der Waals surface area contributed by atoms with Gasteiger partial charge < -0.3 is 28.6 Å². The lowest BCUT2D eigenvalue weighted by Gasteiger charge is -2.34. The van der Waals surface area contributed by atoms with Gasteiger partial charge in [-0.3, -0.25) is 9.59 Å². The van der Waals surface area contributed by atoms with E-state index in [0.29, 0.717) is 6.42 Å². The molecule has 2 atom stereocenters. The summed E-state index contributed by atoms with van der Waals surface area (Å²) in [6.45, 7) is 4.34. The van der Waals surface area contributed by atoms with Gasteiger partial charge in [0.2, 0.25) is 0 Å². The summed E-state index contributed by atoms with van der Waals surface area (Å²) in [5.74, 6) is -1.84. The number of unbranched alkanes of at least 4 members (excludes halogenated alkanes) is 8. The van der Waals surface area contributed by atoms with Crippen LogP contribution >= 0.6 is 0 Å².